The van der Waals surface area contributed by atoms with Crippen LogP contribution in [0.3, 0.4) is 0 Å². The van der Waals surface area contributed by atoms with Crippen LogP contribution in [0.25, 0.3) is 0 Å². The third-order valence-corrected chi connectivity index (χ3v) is 4.19. The molecular formula is C15H25NO5. The maximum absolute atomic E-state index is 12.5. The number of nitrogens with zero attached hydrogens (tertiary/aromatic N) is 1. The summed E-state index contributed by atoms with van der Waals surface area (Å²) in [6, 6.07) is -0.125. The van der Waals surface area contributed by atoms with Crippen LogP contribution >= 0.6 is 0 Å². The molecule has 1 amide bonds. The van der Waals surface area contributed by atoms with Crippen LogP contribution < -0.4 is 0 Å². The highest BCUT2D eigenvalue weighted by Gasteiger charge is 2.39. The number of esters is 1. The number of methoxy groups -OCH3 is 1. The van der Waals surface area contributed by atoms with Gasteiger partial charge in [-0.1, -0.05) is 12.8 Å². The first-order chi connectivity index (χ1) is 9.79. The van der Waals surface area contributed by atoms with Crippen LogP contribution in [0, 0.1) is 5.41 Å². The number of carbonyl (C=O) groups is 3. The van der Waals surface area contributed by atoms with Gasteiger partial charge in [0, 0.05) is 12.5 Å². The van der Waals surface area contributed by atoms with Crippen molar-refractivity contribution in [1.29, 1.82) is 0 Å². The molecule has 0 saturated heterocycles. The molecule has 0 heterocycles. The molecule has 0 aromatic heterocycles. The van der Waals surface area contributed by atoms with E-state index in [1.165, 1.54) is 12.0 Å². The number of ether oxygens (including phenoxy) is 1. The molecule has 0 spiro atoms. The van der Waals surface area contributed by atoms with Gasteiger partial charge in [-0.05, 0) is 32.1 Å². The normalized spacial score (nSPS) is 16.8. The summed E-state index contributed by atoms with van der Waals surface area (Å²) in [5, 5.41) is 9.08. The minimum atomic E-state index is -0.867. The fraction of sp³-hybridized carbons (Fsp3) is 0.800. The predicted molar refractivity (Wildman–Crippen MR) is 76.6 cm³/mol. The average Bonchev–Trinajstić information content (AvgIpc) is 2.82. The molecule has 1 rings (SSSR count). The molecule has 21 heavy (non-hydrogen) atoms. The molecule has 0 unspecified atom stereocenters. The fourth-order valence-corrected chi connectivity index (χ4v) is 3.05. The number of carboxylic acid groups (broad SMARTS) is 1. The maximum atomic E-state index is 12.5. The van der Waals surface area contributed by atoms with Gasteiger partial charge in [0.15, 0.2) is 0 Å². The molecule has 0 bridgehead atoms. The van der Waals surface area contributed by atoms with Crippen molar-refractivity contribution in [2.24, 2.45) is 5.41 Å². The van der Waals surface area contributed by atoms with Crippen molar-refractivity contribution in [2.45, 2.75) is 58.4 Å². The molecule has 0 atom stereocenters. The zero-order valence-electron chi connectivity index (χ0n) is 13.1. The van der Waals surface area contributed by atoms with Gasteiger partial charge in [0.25, 0.3) is 0 Å². The van der Waals surface area contributed by atoms with Gasteiger partial charge in [-0.2, -0.15) is 0 Å². The van der Waals surface area contributed by atoms with Crippen LogP contribution in [0.15, 0.2) is 0 Å². The number of carbonyl (C=O) groups excluding carboxylic acids is 2. The molecule has 1 saturated carbocycles. The van der Waals surface area contributed by atoms with E-state index in [1.54, 1.807) is 0 Å². The van der Waals surface area contributed by atoms with Crippen LogP contribution in [0.1, 0.15) is 52.4 Å². The average molecular weight is 299 g/mol. The Hall–Kier alpha value is -1.59. The van der Waals surface area contributed by atoms with Crippen molar-refractivity contribution in [3.05, 3.63) is 0 Å². The molecule has 1 N–H and O–H groups in total. The van der Waals surface area contributed by atoms with Gasteiger partial charge in [-0.25, -0.2) is 0 Å². The Bertz CT molecular complexity index is 399. The first kappa shape index (κ1) is 17.5. The van der Waals surface area contributed by atoms with Crippen LogP contribution in [-0.4, -0.2) is 47.5 Å². The molecule has 120 valence electrons. The van der Waals surface area contributed by atoms with E-state index in [9.17, 15) is 14.4 Å². The van der Waals surface area contributed by atoms with Crippen LogP contribution in [0.4, 0.5) is 0 Å². The standard InChI is InChI=1S/C15H25NO5/c1-11(2)16(10-14(20)21-3)12(17)8-15(9-13(18)19)6-4-5-7-15/h11H,4-10H2,1-3H3,(H,18,19). The van der Waals surface area contributed by atoms with E-state index in [1.807, 2.05) is 13.8 Å². The third-order valence-electron chi connectivity index (χ3n) is 4.19. The van der Waals surface area contributed by atoms with Crippen molar-refractivity contribution >= 4 is 17.8 Å². The summed E-state index contributed by atoms with van der Waals surface area (Å²) in [4.78, 5) is 36.5. The lowest BCUT2D eigenvalue weighted by atomic mass is 9.79. The van der Waals surface area contributed by atoms with Gasteiger partial charge >= 0.3 is 11.9 Å². The van der Waals surface area contributed by atoms with Crippen molar-refractivity contribution in [2.75, 3.05) is 13.7 Å². The summed E-state index contributed by atoms with van der Waals surface area (Å²) in [5.74, 6) is -1.50. The quantitative estimate of drug-likeness (QED) is 0.725. The minimum Gasteiger partial charge on any atom is -0.481 e. The van der Waals surface area contributed by atoms with Crippen LogP contribution in [0.2, 0.25) is 0 Å². The van der Waals surface area contributed by atoms with Crippen molar-refractivity contribution in [3.63, 3.8) is 0 Å². The zero-order valence-corrected chi connectivity index (χ0v) is 13.1. The molecular weight excluding hydrogens is 274 g/mol. The Kier molecular flexibility index (Phi) is 6.18. The summed E-state index contributed by atoms with van der Waals surface area (Å²) < 4.78 is 4.61. The molecule has 0 aliphatic heterocycles. The Balaban J connectivity index is 2.78. The second kappa shape index (κ2) is 7.43. The van der Waals surface area contributed by atoms with Gasteiger partial charge in [-0.3, -0.25) is 14.4 Å². The number of hydrogen-bond acceptors (Lipinski definition) is 4. The van der Waals surface area contributed by atoms with Crippen LogP contribution in [0.5, 0.6) is 0 Å². The number of amides is 1. The van der Waals surface area contributed by atoms with E-state index in [2.05, 4.69) is 4.74 Å². The third kappa shape index (κ3) is 5.02. The second-order valence-electron chi connectivity index (χ2n) is 6.15. The van der Waals surface area contributed by atoms with Gasteiger partial charge in [0.1, 0.15) is 6.54 Å². The Morgan fingerprint density at radius 1 is 1.19 bits per heavy atom. The van der Waals surface area contributed by atoms with E-state index in [0.717, 1.165) is 25.7 Å². The summed E-state index contributed by atoms with van der Waals surface area (Å²) in [6.07, 6.45) is 3.64. The number of rotatable bonds is 7. The highest BCUT2D eigenvalue weighted by molar-refractivity contribution is 5.83. The topological polar surface area (TPSA) is 83.9 Å². The lowest BCUT2D eigenvalue weighted by Crippen LogP contribution is -2.43. The molecule has 1 aliphatic carbocycles. The van der Waals surface area contributed by atoms with E-state index in [0.29, 0.717) is 0 Å². The smallest absolute Gasteiger partial charge is 0.325 e. The first-order valence-corrected chi connectivity index (χ1v) is 7.38. The van der Waals surface area contributed by atoms with E-state index >= 15 is 0 Å². The van der Waals surface area contributed by atoms with E-state index < -0.39 is 17.4 Å². The predicted octanol–water partition coefficient (Wildman–Crippen LogP) is 1.82. The molecule has 0 aromatic carbocycles. The summed E-state index contributed by atoms with van der Waals surface area (Å²) in [7, 11) is 1.29. The van der Waals surface area contributed by atoms with Crippen molar-refractivity contribution in [3.8, 4) is 0 Å². The van der Waals surface area contributed by atoms with E-state index in [4.69, 9.17) is 5.11 Å². The molecule has 6 nitrogen and oxygen atoms in total. The lowest BCUT2D eigenvalue weighted by Gasteiger charge is -2.32. The van der Waals surface area contributed by atoms with Gasteiger partial charge in [-0.15, -0.1) is 0 Å². The number of carboxylic acids is 1. The summed E-state index contributed by atoms with van der Waals surface area (Å²) in [6.45, 7) is 3.58. The van der Waals surface area contributed by atoms with Gasteiger partial charge in [0.05, 0.1) is 13.5 Å². The number of hydrogen-bond donors (Lipinski definition) is 1. The van der Waals surface area contributed by atoms with Crippen LogP contribution in [-0.2, 0) is 19.1 Å². The largest absolute Gasteiger partial charge is 0.481 e. The summed E-state index contributed by atoms with van der Waals surface area (Å²) >= 11 is 0. The molecule has 1 aliphatic rings. The monoisotopic (exact) mass is 299 g/mol. The SMILES string of the molecule is COC(=O)CN(C(=O)CC1(CC(=O)O)CCCC1)C(C)C. The first-order valence-electron chi connectivity index (χ1n) is 7.38. The number of aliphatic carboxylic acids is 1. The van der Waals surface area contributed by atoms with Gasteiger partial charge in [0.2, 0.25) is 5.91 Å². The minimum absolute atomic E-state index is 0.0168. The maximum Gasteiger partial charge on any atom is 0.325 e. The molecule has 0 aromatic rings. The highest BCUT2D eigenvalue weighted by Crippen LogP contribution is 2.44. The van der Waals surface area contributed by atoms with Crippen molar-refractivity contribution < 1.29 is 24.2 Å². The van der Waals surface area contributed by atoms with E-state index in [-0.39, 0.29) is 31.3 Å². The second-order valence-corrected chi connectivity index (χ2v) is 6.15. The summed E-state index contributed by atoms with van der Waals surface area (Å²) in [5.41, 5.74) is -0.452. The highest BCUT2D eigenvalue weighted by atomic mass is 16.5. The molecule has 6 heteroatoms. The van der Waals surface area contributed by atoms with Gasteiger partial charge < -0.3 is 14.7 Å². The fourth-order valence-electron chi connectivity index (χ4n) is 3.05. The molecule has 1 fully saturated rings. The lowest BCUT2D eigenvalue weighted by molar-refractivity contribution is -0.150. The Morgan fingerprint density at radius 3 is 2.19 bits per heavy atom. The zero-order chi connectivity index (χ0) is 16.0. The Morgan fingerprint density at radius 2 is 1.76 bits per heavy atom. The Labute approximate surface area is 125 Å². The van der Waals surface area contributed by atoms with Crippen molar-refractivity contribution in [1.82, 2.24) is 4.90 Å². The molecule has 0 radical (unpaired) electrons.